The molecular weight excluding hydrogens is 354 g/mol. The van der Waals surface area contributed by atoms with Gasteiger partial charge in [0.1, 0.15) is 0 Å². The number of aromatic nitrogens is 1. The molecule has 0 spiro atoms. The maximum atomic E-state index is 12.7. The van der Waals surface area contributed by atoms with E-state index in [0.29, 0.717) is 6.54 Å². The average Bonchev–Trinajstić information content (AvgIpc) is 3.16. The fraction of sp³-hybridized carbons (Fsp3) is 0.227. The molecule has 0 unspecified atom stereocenters. The maximum absolute atomic E-state index is 12.7. The summed E-state index contributed by atoms with van der Waals surface area (Å²) in [5.41, 5.74) is 2.14. The minimum Gasteiger partial charge on any atom is -0.349 e. The van der Waals surface area contributed by atoms with E-state index < -0.39 is 0 Å². The van der Waals surface area contributed by atoms with Gasteiger partial charge in [-0.1, -0.05) is 42.1 Å². The summed E-state index contributed by atoms with van der Waals surface area (Å²) in [4.78, 5) is 17.2. The molecule has 1 aliphatic heterocycles. The van der Waals surface area contributed by atoms with E-state index in [-0.39, 0.29) is 11.9 Å². The van der Waals surface area contributed by atoms with Crippen LogP contribution in [-0.4, -0.2) is 28.5 Å². The minimum absolute atomic E-state index is 0.0305. The van der Waals surface area contributed by atoms with Gasteiger partial charge in [-0.2, -0.15) is 0 Å². The lowest BCUT2D eigenvalue weighted by atomic mass is 10.1. The zero-order valence-electron chi connectivity index (χ0n) is 15.3. The van der Waals surface area contributed by atoms with Crippen LogP contribution in [0.25, 0.3) is 0 Å². The molecule has 0 radical (unpaired) electrons. The Bertz CT molecular complexity index is 922. The molecule has 1 atom stereocenters. The van der Waals surface area contributed by atoms with Crippen LogP contribution in [0.5, 0.6) is 0 Å². The molecule has 0 saturated heterocycles. The van der Waals surface area contributed by atoms with Gasteiger partial charge in [0.15, 0.2) is 0 Å². The first-order valence-electron chi connectivity index (χ1n) is 9.21. The third-order valence-corrected chi connectivity index (χ3v) is 6.03. The number of hydrogen-bond acceptors (Lipinski definition) is 3. The molecule has 0 saturated carbocycles. The number of carbonyl (C=O) groups excluding carboxylic acids is 1. The predicted molar refractivity (Wildman–Crippen MR) is 110 cm³/mol. The first-order valence-corrected chi connectivity index (χ1v) is 10.0. The molecule has 1 aliphatic rings. The van der Waals surface area contributed by atoms with Crippen molar-refractivity contribution in [3.63, 3.8) is 0 Å². The SMILES string of the molecule is C[C@@H]1c2cccn2CCN1CC(=O)Nc1ccccc1Sc1ccccc1. The summed E-state index contributed by atoms with van der Waals surface area (Å²) >= 11 is 1.66. The number of para-hydroxylation sites is 1. The van der Waals surface area contributed by atoms with E-state index in [1.54, 1.807) is 11.8 Å². The van der Waals surface area contributed by atoms with Crippen molar-refractivity contribution in [3.8, 4) is 0 Å². The number of anilines is 1. The highest BCUT2D eigenvalue weighted by molar-refractivity contribution is 7.99. The lowest BCUT2D eigenvalue weighted by Crippen LogP contribution is -2.41. The number of nitrogens with zero attached hydrogens (tertiary/aromatic N) is 2. The Morgan fingerprint density at radius 3 is 2.67 bits per heavy atom. The highest BCUT2D eigenvalue weighted by Crippen LogP contribution is 2.33. The van der Waals surface area contributed by atoms with Crippen LogP contribution in [-0.2, 0) is 11.3 Å². The molecule has 27 heavy (non-hydrogen) atoms. The third kappa shape index (κ3) is 4.10. The van der Waals surface area contributed by atoms with Crippen LogP contribution in [0.3, 0.4) is 0 Å². The van der Waals surface area contributed by atoms with Crippen molar-refractivity contribution in [1.82, 2.24) is 9.47 Å². The van der Waals surface area contributed by atoms with Gasteiger partial charge >= 0.3 is 0 Å². The Balaban J connectivity index is 1.43. The summed E-state index contributed by atoms with van der Waals surface area (Å²) in [6.45, 7) is 4.38. The van der Waals surface area contributed by atoms with Gasteiger partial charge in [0.05, 0.1) is 12.2 Å². The second-order valence-corrected chi connectivity index (χ2v) is 7.85. The Hall–Kier alpha value is -2.50. The van der Waals surface area contributed by atoms with Gasteiger partial charge in [-0.05, 0) is 43.3 Å². The molecule has 3 aromatic rings. The van der Waals surface area contributed by atoms with Crippen molar-refractivity contribution in [3.05, 3.63) is 78.6 Å². The van der Waals surface area contributed by atoms with Crippen LogP contribution in [0.4, 0.5) is 5.69 Å². The molecule has 4 rings (SSSR count). The van der Waals surface area contributed by atoms with E-state index in [1.165, 1.54) is 5.69 Å². The Kier molecular flexibility index (Phi) is 5.32. The summed E-state index contributed by atoms with van der Waals surface area (Å²) in [5, 5.41) is 3.11. The average molecular weight is 378 g/mol. The van der Waals surface area contributed by atoms with Crippen molar-refractivity contribution in [2.45, 2.75) is 29.3 Å². The monoisotopic (exact) mass is 377 g/mol. The van der Waals surface area contributed by atoms with Crippen LogP contribution in [0.2, 0.25) is 0 Å². The minimum atomic E-state index is 0.0305. The molecular formula is C22H23N3OS. The number of nitrogens with one attached hydrogen (secondary N) is 1. The highest BCUT2D eigenvalue weighted by atomic mass is 32.2. The molecule has 1 aromatic heterocycles. The van der Waals surface area contributed by atoms with E-state index in [4.69, 9.17) is 0 Å². The predicted octanol–water partition coefficient (Wildman–Crippen LogP) is 4.65. The van der Waals surface area contributed by atoms with Gasteiger partial charge in [-0.25, -0.2) is 0 Å². The third-order valence-electron chi connectivity index (χ3n) is 4.95. The van der Waals surface area contributed by atoms with Crippen LogP contribution < -0.4 is 5.32 Å². The fourth-order valence-electron chi connectivity index (χ4n) is 3.49. The zero-order chi connectivity index (χ0) is 18.6. The van der Waals surface area contributed by atoms with Crippen LogP contribution in [0, 0.1) is 0 Å². The quantitative estimate of drug-likeness (QED) is 0.703. The molecule has 2 aromatic carbocycles. The summed E-state index contributed by atoms with van der Waals surface area (Å²) in [5.74, 6) is 0.0305. The molecule has 1 N–H and O–H groups in total. The second-order valence-electron chi connectivity index (χ2n) is 6.73. The second kappa shape index (κ2) is 8.03. The van der Waals surface area contributed by atoms with E-state index in [9.17, 15) is 4.79 Å². The number of hydrogen-bond donors (Lipinski definition) is 1. The summed E-state index contributed by atoms with van der Waals surface area (Å²) in [6.07, 6.45) is 2.11. The summed E-state index contributed by atoms with van der Waals surface area (Å²) in [6, 6.07) is 22.6. The van der Waals surface area contributed by atoms with Crippen molar-refractivity contribution in [1.29, 1.82) is 0 Å². The molecule has 0 aliphatic carbocycles. The lowest BCUT2D eigenvalue weighted by Gasteiger charge is -2.34. The zero-order valence-corrected chi connectivity index (χ0v) is 16.2. The van der Waals surface area contributed by atoms with Crippen LogP contribution in [0.15, 0.2) is 82.7 Å². The molecule has 0 fully saturated rings. The van der Waals surface area contributed by atoms with Crippen molar-refractivity contribution >= 4 is 23.4 Å². The smallest absolute Gasteiger partial charge is 0.238 e. The van der Waals surface area contributed by atoms with Gasteiger partial charge < -0.3 is 9.88 Å². The Morgan fingerprint density at radius 1 is 1.04 bits per heavy atom. The van der Waals surface area contributed by atoms with E-state index in [2.05, 4.69) is 52.2 Å². The summed E-state index contributed by atoms with van der Waals surface area (Å²) in [7, 11) is 0. The maximum Gasteiger partial charge on any atom is 0.238 e. The van der Waals surface area contributed by atoms with Crippen molar-refractivity contribution in [2.75, 3.05) is 18.4 Å². The van der Waals surface area contributed by atoms with Crippen molar-refractivity contribution in [2.24, 2.45) is 0 Å². The largest absolute Gasteiger partial charge is 0.349 e. The molecule has 1 amide bonds. The van der Waals surface area contributed by atoms with Crippen LogP contribution >= 0.6 is 11.8 Å². The van der Waals surface area contributed by atoms with Gasteiger partial charge in [0, 0.05) is 40.8 Å². The number of rotatable bonds is 5. The Morgan fingerprint density at radius 2 is 1.81 bits per heavy atom. The molecule has 138 valence electrons. The molecule has 4 nitrogen and oxygen atoms in total. The van der Waals surface area contributed by atoms with Gasteiger partial charge in [0.2, 0.25) is 5.91 Å². The topological polar surface area (TPSA) is 37.3 Å². The first-order chi connectivity index (χ1) is 13.2. The number of amides is 1. The fourth-order valence-corrected chi connectivity index (χ4v) is 4.41. The summed E-state index contributed by atoms with van der Waals surface area (Å²) < 4.78 is 2.27. The van der Waals surface area contributed by atoms with Gasteiger partial charge in [0.25, 0.3) is 0 Å². The highest BCUT2D eigenvalue weighted by Gasteiger charge is 2.25. The van der Waals surface area contributed by atoms with E-state index >= 15 is 0 Å². The number of benzene rings is 2. The van der Waals surface area contributed by atoms with E-state index in [1.807, 2.05) is 42.5 Å². The molecule has 5 heteroatoms. The number of carbonyl (C=O) groups is 1. The number of fused-ring (bicyclic) bond motifs is 1. The van der Waals surface area contributed by atoms with Gasteiger partial charge in [-0.3, -0.25) is 9.69 Å². The van der Waals surface area contributed by atoms with Crippen LogP contribution in [0.1, 0.15) is 18.7 Å². The molecule has 2 heterocycles. The normalized spacial score (nSPS) is 16.7. The standard InChI is InChI=1S/C22H23N3OS/c1-17-20-11-7-13-24(20)14-15-25(17)16-22(26)23-19-10-5-6-12-21(19)27-18-8-3-2-4-9-18/h2-13,17H,14-16H2,1H3,(H,23,26)/t17-/m1/s1. The lowest BCUT2D eigenvalue weighted by molar-refractivity contribution is -0.118. The Labute approximate surface area is 164 Å². The van der Waals surface area contributed by atoms with E-state index in [0.717, 1.165) is 28.6 Å². The molecule has 0 bridgehead atoms. The van der Waals surface area contributed by atoms with Gasteiger partial charge in [-0.15, -0.1) is 0 Å². The van der Waals surface area contributed by atoms with Crippen molar-refractivity contribution < 1.29 is 4.79 Å². The first kappa shape index (κ1) is 17.9.